The molecule has 0 radical (unpaired) electrons. The Morgan fingerprint density at radius 2 is 2.00 bits per heavy atom. The van der Waals surface area contributed by atoms with Crippen molar-refractivity contribution in [1.82, 2.24) is 20.4 Å². The molecule has 0 aliphatic carbocycles. The van der Waals surface area contributed by atoms with Gasteiger partial charge in [-0.1, -0.05) is 6.07 Å². The van der Waals surface area contributed by atoms with E-state index in [9.17, 15) is 28.0 Å². The second-order valence-corrected chi connectivity index (χ2v) is 8.37. The van der Waals surface area contributed by atoms with Crippen molar-refractivity contribution in [3.63, 3.8) is 0 Å². The molecular formula is C21H22F2N4O4S. The molecule has 32 heavy (non-hydrogen) atoms. The Balaban J connectivity index is 1.66. The van der Waals surface area contributed by atoms with Crippen LogP contribution in [0.2, 0.25) is 0 Å². The largest absolute Gasteiger partial charge is 0.350 e. The number of likely N-dealkylation sites (N-methyl/N-ethyl adjacent to an activating group) is 1. The van der Waals surface area contributed by atoms with E-state index in [0.717, 1.165) is 23.1 Å². The van der Waals surface area contributed by atoms with E-state index in [2.05, 4.69) is 10.6 Å². The van der Waals surface area contributed by atoms with Gasteiger partial charge in [0.05, 0.1) is 13.1 Å². The number of hydrogen-bond acceptors (Lipinski definition) is 5. The molecule has 1 atom stereocenters. The van der Waals surface area contributed by atoms with Crippen molar-refractivity contribution in [2.75, 3.05) is 19.6 Å². The molecule has 170 valence electrons. The molecule has 1 fully saturated rings. The number of thiophene rings is 1. The maximum absolute atomic E-state index is 14.2. The van der Waals surface area contributed by atoms with Gasteiger partial charge in [0, 0.05) is 17.0 Å². The molecule has 5 amide bonds. The van der Waals surface area contributed by atoms with Gasteiger partial charge in [-0.25, -0.2) is 13.6 Å². The summed E-state index contributed by atoms with van der Waals surface area (Å²) in [7, 11) is 0. The molecule has 0 spiro atoms. The summed E-state index contributed by atoms with van der Waals surface area (Å²) in [6.45, 7) is 2.51. The van der Waals surface area contributed by atoms with Gasteiger partial charge in [0.1, 0.15) is 23.7 Å². The van der Waals surface area contributed by atoms with Crippen molar-refractivity contribution < 1.29 is 28.0 Å². The van der Waals surface area contributed by atoms with Crippen LogP contribution in [0.1, 0.15) is 24.3 Å². The first-order valence-corrected chi connectivity index (χ1v) is 10.7. The lowest BCUT2D eigenvalue weighted by Crippen LogP contribution is -2.47. The zero-order valence-electron chi connectivity index (χ0n) is 17.5. The Morgan fingerprint density at radius 3 is 2.66 bits per heavy atom. The van der Waals surface area contributed by atoms with E-state index >= 15 is 0 Å². The number of carbonyl (C=O) groups excluding carboxylic acids is 4. The number of nitrogens with zero attached hydrogens (tertiary/aromatic N) is 2. The number of carbonyl (C=O) groups is 4. The second-order valence-electron chi connectivity index (χ2n) is 7.33. The first kappa shape index (κ1) is 23.3. The van der Waals surface area contributed by atoms with E-state index < -0.39 is 47.5 Å². The Kier molecular flexibility index (Phi) is 6.87. The van der Waals surface area contributed by atoms with Gasteiger partial charge in [0.2, 0.25) is 11.8 Å². The third-order valence-corrected chi connectivity index (χ3v) is 6.02. The van der Waals surface area contributed by atoms with Crippen LogP contribution < -0.4 is 10.6 Å². The molecule has 8 nitrogen and oxygen atoms in total. The molecule has 2 heterocycles. The van der Waals surface area contributed by atoms with Crippen LogP contribution in [0.15, 0.2) is 35.7 Å². The number of rotatable bonds is 8. The first-order chi connectivity index (χ1) is 15.2. The van der Waals surface area contributed by atoms with Crippen LogP contribution in [-0.4, -0.2) is 53.2 Å². The summed E-state index contributed by atoms with van der Waals surface area (Å²) in [4.78, 5) is 53.0. The summed E-state index contributed by atoms with van der Waals surface area (Å²) in [5, 5.41) is 6.92. The minimum atomic E-state index is -1.86. The smallest absolute Gasteiger partial charge is 0.325 e. The van der Waals surface area contributed by atoms with Crippen LogP contribution >= 0.6 is 11.3 Å². The quantitative estimate of drug-likeness (QED) is 0.584. The number of halogens is 2. The predicted octanol–water partition coefficient (Wildman–Crippen LogP) is 1.96. The first-order valence-electron chi connectivity index (χ1n) is 9.82. The average Bonchev–Trinajstić information content (AvgIpc) is 3.35. The number of urea groups is 1. The minimum Gasteiger partial charge on any atom is -0.350 e. The van der Waals surface area contributed by atoms with Crippen molar-refractivity contribution in [3.05, 3.63) is 57.8 Å². The fourth-order valence-corrected chi connectivity index (χ4v) is 3.99. The molecule has 1 unspecified atom stereocenters. The summed E-state index contributed by atoms with van der Waals surface area (Å²) < 4.78 is 27.9. The van der Waals surface area contributed by atoms with Gasteiger partial charge in [-0.2, -0.15) is 0 Å². The third-order valence-electron chi connectivity index (χ3n) is 5.14. The highest BCUT2D eigenvalue weighted by Crippen LogP contribution is 2.31. The Labute approximate surface area is 187 Å². The molecule has 1 aromatic carbocycles. The van der Waals surface area contributed by atoms with Crippen LogP contribution in [0.4, 0.5) is 13.6 Å². The highest BCUT2D eigenvalue weighted by Gasteiger charge is 2.51. The fraction of sp³-hybridized carbons (Fsp3) is 0.333. The van der Waals surface area contributed by atoms with Crippen molar-refractivity contribution in [2.24, 2.45) is 0 Å². The lowest BCUT2D eigenvalue weighted by Gasteiger charge is -2.24. The molecule has 2 N–H and O–H groups in total. The SMILES string of the molecule is CCN(CC(=O)NCc1cccs1)C(=O)CN1C(=O)NC(C)(c2cc(F)ccc2F)C1=O. The number of amides is 5. The summed E-state index contributed by atoms with van der Waals surface area (Å²) in [5.41, 5.74) is -2.20. The summed E-state index contributed by atoms with van der Waals surface area (Å²) in [6.07, 6.45) is 0. The molecule has 1 saturated heterocycles. The summed E-state index contributed by atoms with van der Waals surface area (Å²) in [6, 6.07) is 5.39. The van der Waals surface area contributed by atoms with Crippen LogP contribution in [0.5, 0.6) is 0 Å². The second kappa shape index (κ2) is 9.43. The van der Waals surface area contributed by atoms with Gasteiger partial charge in [0.25, 0.3) is 5.91 Å². The number of hydrogen-bond donors (Lipinski definition) is 2. The standard InChI is InChI=1S/C21H22F2N4O4S/c1-3-26(11-17(28)24-10-14-5-4-8-32-14)18(29)12-27-19(30)21(2,25-20(27)31)15-9-13(22)6-7-16(15)23/h4-9H,3,10-12H2,1-2H3,(H,24,28)(H,25,31). The van der Waals surface area contributed by atoms with Crippen LogP contribution in [0.3, 0.4) is 0 Å². The van der Waals surface area contributed by atoms with Gasteiger partial charge in [0.15, 0.2) is 0 Å². The topological polar surface area (TPSA) is 98.8 Å². The monoisotopic (exact) mass is 464 g/mol. The highest BCUT2D eigenvalue weighted by atomic mass is 32.1. The normalized spacial score (nSPS) is 17.9. The van der Waals surface area contributed by atoms with E-state index in [1.807, 2.05) is 17.5 Å². The molecule has 1 aliphatic rings. The van der Waals surface area contributed by atoms with Gasteiger partial charge in [-0.15, -0.1) is 11.3 Å². The molecule has 0 bridgehead atoms. The van der Waals surface area contributed by atoms with Crippen molar-refractivity contribution in [3.8, 4) is 0 Å². The van der Waals surface area contributed by atoms with E-state index in [1.165, 1.54) is 23.2 Å². The molecule has 1 aromatic heterocycles. The Morgan fingerprint density at radius 1 is 1.25 bits per heavy atom. The number of imide groups is 1. The van der Waals surface area contributed by atoms with Crippen LogP contribution in [0, 0.1) is 11.6 Å². The zero-order valence-corrected chi connectivity index (χ0v) is 18.3. The van der Waals surface area contributed by atoms with E-state index in [0.29, 0.717) is 11.4 Å². The van der Waals surface area contributed by atoms with Gasteiger partial charge in [-0.3, -0.25) is 19.3 Å². The van der Waals surface area contributed by atoms with E-state index in [1.54, 1.807) is 6.92 Å². The Bertz CT molecular complexity index is 1050. The lowest BCUT2D eigenvalue weighted by atomic mass is 9.91. The maximum Gasteiger partial charge on any atom is 0.325 e. The lowest BCUT2D eigenvalue weighted by molar-refractivity contribution is -0.140. The zero-order chi connectivity index (χ0) is 23.5. The average molecular weight is 464 g/mol. The predicted molar refractivity (Wildman–Crippen MR) is 112 cm³/mol. The highest BCUT2D eigenvalue weighted by molar-refractivity contribution is 7.09. The van der Waals surface area contributed by atoms with Gasteiger partial charge < -0.3 is 15.5 Å². The van der Waals surface area contributed by atoms with Crippen molar-refractivity contribution in [2.45, 2.75) is 25.9 Å². The summed E-state index contributed by atoms with van der Waals surface area (Å²) >= 11 is 1.48. The number of benzene rings is 1. The molecule has 3 rings (SSSR count). The van der Waals surface area contributed by atoms with Gasteiger partial charge in [-0.05, 0) is 43.5 Å². The molecule has 1 aliphatic heterocycles. The van der Waals surface area contributed by atoms with Crippen molar-refractivity contribution in [1.29, 1.82) is 0 Å². The van der Waals surface area contributed by atoms with E-state index in [4.69, 9.17) is 0 Å². The molecule has 2 aromatic rings. The van der Waals surface area contributed by atoms with Crippen LogP contribution in [0.25, 0.3) is 0 Å². The van der Waals surface area contributed by atoms with E-state index in [-0.39, 0.29) is 18.7 Å². The summed E-state index contributed by atoms with van der Waals surface area (Å²) in [5.74, 6) is -3.56. The molecular weight excluding hydrogens is 442 g/mol. The number of nitrogens with one attached hydrogen (secondary N) is 2. The van der Waals surface area contributed by atoms with Crippen LogP contribution in [-0.2, 0) is 26.5 Å². The van der Waals surface area contributed by atoms with Gasteiger partial charge >= 0.3 is 6.03 Å². The Hall–Kier alpha value is -3.34. The van der Waals surface area contributed by atoms with Crippen molar-refractivity contribution >= 4 is 35.1 Å². The third kappa shape index (κ3) is 4.77. The maximum atomic E-state index is 14.2. The minimum absolute atomic E-state index is 0.171. The molecule has 0 saturated carbocycles. The fourth-order valence-electron chi connectivity index (χ4n) is 3.34. The molecule has 11 heteroatoms.